The van der Waals surface area contributed by atoms with Crippen molar-refractivity contribution in [1.82, 2.24) is 0 Å². The Balaban J connectivity index is 2.54. The van der Waals surface area contributed by atoms with Crippen molar-refractivity contribution in [1.29, 1.82) is 0 Å². The minimum absolute atomic E-state index is 0.104. The molecule has 0 spiro atoms. The maximum atomic E-state index is 10.9. The topological polar surface area (TPSA) is 77.8 Å². The van der Waals surface area contributed by atoms with Crippen molar-refractivity contribution in [2.75, 3.05) is 0 Å². The fourth-order valence-corrected chi connectivity index (χ4v) is 1.57. The third-order valence-corrected chi connectivity index (χ3v) is 2.41. The van der Waals surface area contributed by atoms with E-state index in [4.69, 9.17) is 5.11 Å². The van der Waals surface area contributed by atoms with E-state index < -0.39 is 5.97 Å². The molecule has 3 N–H and O–H groups in total. The Morgan fingerprint density at radius 3 is 2.29 bits per heavy atom. The number of benzene rings is 2. The molecule has 0 saturated carbocycles. The summed E-state index contributed by atoms with van der Waals surface area (Å²) in [6.07, 6.45) is 0. The number of hydrogen-bond acceptors (Lipinski definition) is 3. The maximum absolute atomic E-state index is 10.9. The van der Waals surface area contributed by atoms with Crippen molar-refractivity contribution >= 4 is 5.97 Å². The molecule has 0 aliphatic rings. The summed E-state index contributed by atoms with van der Waals surface area (Å²) in [5.74, 6) is -1.36. The predicted molar refractivity (Wildman–Crippen MR) is 62.2 cm³/mol. The van der Waals surface area contributed by atoms with Crippen molar-refractivity contribution in [3.63, 3.8) is 0 Å². The third-order valence-electron chi connectivity index (χ3n) is 2.41. The molecule has 4 heteroatoms. The molecule has 0 fully saturated rings. The lowest BCUT2D eigenvalue weighted by Gasteiger charge is -2.05. The number of phenolic OH excluding ortho intramolecular Hbond substituents is 1. The Morgan fingerprint density at radius 2 is 1.65 bits per heavy atom. The highest BCUT2D eigenvalue weighted by Crippen LogP contribution is 2.27. The van der Waals surface area contributed by atoms with Gasteiger partial charge in [-0.25, -0.2) is 4.79 Å². The van der Waals surface area contributed by atoms with Gasteiger partial charge in [-0.1, -0.05) is 18.2 Å². The first-order valence-corrected chi connectivity index (χ1v) is 4.93. The van der Waals surface area contributed by atoms with Crippen LogP contribution >= 0.6 is 0 Å². The third kappa shape index (κ3) is 2.20. The van der Waals surface area contributed by atoms with Crippen molar-refractivity contribution < 1.29 is 20.1 Å². The van der Waals surface area contributed by atoms with Gasteiger partial charge in [0, 0.05) is 0 Å². The molecular weight excluding hydrogens is 220 g/mol. The highest BCUT2D eigenvalue weighted by atomic mass is 16.4. The lowest BCUT2D eigenvalue weighted by atomic mass is 10.0. The SMILES string of the molecule is O=C(O)c1cc(-c2cccc(O)c2)ccc1O. The first kappa shape index (κ1) is 11.0. The zero-order chi connectivity index (χ0) is 12.4. The Morgan fingerprint density at radius 1 is 0.941 bits per heavy atom. The summed E-state index contributed by atoms with van der Waals surface area (Å²) in [5, 5.41) is 27.6. The average molecular weight is 230 g/mol. The van der Waals surface area contributed by atoms with Gasteiger partial charge in [-0.3, -0.25) is 0 Å². The number of aromatic hydroxyl groups is 2. The average Bonchev–Trinajstić information content (AvgIpc) is 2.29. The monoisotopic (exact) mass is 230 g/mol. The van der Waals surface area contributed by atoms with Crippen LogP contribution < -0.4 is 0 Å². The van der Waals surface area contributed by atoms with E-state index in [1.54, 1.807) is 18.2 Å². The zero-order valence-electron chi connectivity index (χ0n) is 8.79. The Bertz CT molecular complexity index is 575. The minimum atomic E-state index is -1.19. The second kappa shape index (κ2) is 4.17. The molecule has 0 aliphatic carbocycles. The van der Waals surface area contributed by atoms with Crippen LogP contribution in [0.5, 0.6) is 11.5 Å². The molecule has 2 aromatic carbocycles. The number of hydrogen-bond donors (Lipinski definition) is 3. The van der Waals surface area contributed by atoms with Crippen molar-refractivity contribution in [3.05, 3.63) is 48.0 Å². The van der Waals surface area contributed by atoms with Crippen LogP contribution in [0.1, 0.15) is 10.4 Å². The minimum Gasteiger partial charge on any atom is -0.508 e. The van der Waals surface area contributed by atoms with Gasteiger partial charge in [-0.05, 0) is 35.4 Å². The predicted octanol–water partition coefficient (Wildman–Crippen LogP) is 2.46. The van der Waals surface area contributed by atoms with E-state index in [0.29, 0.717) is 11.1 Å². The summed E-state index contributed by atoms with van der Waals surface area (Å²) in [7, 11) is 0. The smallest absolute Gasteiger partial charge is 0.339 e. The van der Waals surface area contributed by atoms with Gasteiger partial charge in [0.05, 0.1) is 0 Å². The molecular formula is C13H10O4. The first-order chi connectivity index (χ1) is 8.08. The highest BCUT2D eigenvalue weighted by Gasteiger charge is 2.10. The molecule has 0 atom stereocenters. The molecule has 0 unspecified atom stereocenters. The lowest BCUT2D eigenvalue weighted by molar-refractivity contribution is 0.0694. The van der Waals surface area contributed by atoms with Crippen LogP contribution in [0.25, 0.3) is 11.1 Å². The number of carboxylic acid groups (broad SMARTS) is 1. The summed E-state index contributed by atoms with van der Waals surface area (Å²) in [4.78, 5) is 10.9. The molecule has 0 aliphatic heterocycles. The van der Waals surface area contributed by atoms with Crippen molar-refractivity contribution in [2.45, 2.75) is 0 Å². The summed E-state index contributed by atoms with van der Waals surface area (Å²) >= 11 is 0. The quantitative estimate of drug-likeness (QED) is 0.740. The van der Waals surface area contributed by atoms with E-state index in [-0.39, 0.29) is 17.1 Å². The van der Waals surface area contributed by atoms with E-state index >= 15 is 0 Å². The van der Waals surface area contributed by atoms with Crippen LogP contribution in [-0.2, 0) is 0 Å². The van der Waals surface area contributed by atoms with Crippen molar-refractivity contribution in [3.8, 4) is 22.6 Å². The van der Waals surface area contributed by atoms with Gasteiger partial charge in [0.2, 0.25) is 0 Å². The summed E-state index contributed by atoms with van der Waals surface area (Å²) < 4.78 is 0. The Labute approximate surface area is 97.4 Å². The number of aromatic carboxylic acids is 1. The number of carboxylic acids is 1. The molecule has 0 heterocycles. The fraction of sp³-hybridized carbons (Fsp3) is 0. The molecule has 0 amide bonds. The molecule has 0 bridgehead atoms. The van der Waals surface area contributed by atoms with E-state index in [2.05, 4.69) is 0 Å². The van der Waals surface area contributed by atoms with Gasteiger partial charge in [0.1, 0.15) is 17.1 Å². The van der Waals surface area contributed by atoms with Gasteiger partial charge >= 0.3 is 5.97 Å². The standard InChI is InChI=1S/C13H10O4/c14-10-3-1-2-8(6-10)9-4-5-12(15)11(7-9)13(16)17/h1-7,14-15H,(H,16,17). The van der Waals surface area contributed by atoms with Gasteiger partial charge < -0.3 is 15.3 Å². The molecule has 86 valence electrons. The zero-order valence-corrected chi connectivity index (χ0v) is 8.79. The van der Waals surface area contributed by atoms with E-state index in [0.717, 1.165) is 0 Å². The van der Waals surface area contributed by atoms with Gasteiger partial charge in [-0.2, -0.15) is 0 Å². The molecule has 0 radical (unpaired) electrons. The van der Waals surface area contributed by atoms with Gasteiger partial charge in [-0.15, -0.1) is 0 Å². The molecule has 0 saturated heterocycles. The fourth-order valence-electron chi connectivity index (χ4n) is 1.57. The first-order valence-electron chi connectivity index (χ1n) is 4.93. The molecule has 4 nitrogen and oxygen atoms in total. The highest BCUT2D eigenvalue weighted by molar-refractivity contribution is 5.92. The summed E-state index contributed by atoms with van der Waals surface area (Å²) in [5.41, 5.74) is 1.15. The van der Waals surface area contributed by atoms with E-state index in [9.17, 15) is 15.0 Å². The van der Waals surface area contributed by atoms with Crippen LogP contribution in [0.15, 0.2) is 42.5 Å². The number of phenols is 2. The van der Waals surface area contributed by atoms with Crippen LogP contribution in [0.2, 0.25) is 0 Å². The normalized spacial score (nSPS) is 10.1. The second-order valence-electron chi connectivity index (χ2n) is 3.59. The molecule has 0 aromatic heterocycles. The van der Waals surface area contributed by atoms with Crippen LogP contribution in [0.4, 0.5) is 0 Å². The largest absolute Gasteiger partial charge is 0.508 e. The molecule has 17 heavy (non-hydrogen) atoms. The van der Waals surface area contributed by atoms with E-state index in [1.165, 1.54) is 24.3 Å². The lowest BCUT2D eigenvalue weighted by Crippen LogP contribution is -1.96. The molecule has 2 aromatic rings. The van der Waals surface area contributed by atoms with E-state index in [1.807, 2.05) is 0 Å². The van der Waals surface area contributed by atoms with Crippen LogP contribution in [0, 0.1) is 0 Å². The number of rotatable bonds is 2. The van der Waals surface area contributed by atoms with Crippen molar-refractivity contribution in [2.24, 2.45) is 0 Å². The van der Waals surface area contributed by atoms with Gasteiger partial charge in [0.15, 0.2) is 0 Å². The maximum Gasteiger partial charge on any atom is 0.339 e. The summed E-state index contributed by atoms with van der Waals surface area (Å²) in [6, 6.07) is 10.8. The summed E-state index contributed by atoms with van der Waals surface area (Å²) in [6.45, 7) is 0. The second-order valence-corrected chi connectivity index (χ2v) is 3.59. The van der Waals surface area contributed by atoms with Gasteiger partial charge in [0.25, 0.3) is 0 Å². The van der Waals surface area contributed by atoms with Crippen LogP contribution in [0.3, 0.4) is 0 Å². The Hall–Kier alpha value is -2.49. The molecule has 2 rings (SSSR count). The Kier molecular flexibility index (Phi) is 2.70. The number of carbonyl (C=O) groups is 1. The van der Waals surface area contributed by atoms with Crippen LogP contribution in [-0.4, -0.2) is 21.3 Å².